The smallest absolute Gasteiger partial charge is 0.230 e. The first kappa shape index (κ1) is 17.9. The van der Waals surface area contributed by atoms with E-state index in [1.165, 1.54) is 0 Å². The molecule has 2 aromatic rings. The Morgan fingerprint density at radius 2 is 2.18 bits per heavy atom. The number of amides is 2. The van der Waals surface area contributed by atoms with E-state index in [1.54, 1.807) is 17.4 Å². The average Bonchev–Trinajstić information content (AvgIpc) is 3.44. The predicted octanol–water partition coefficient (Wildman–Crippen LogP) is 3.00. The van der Waals surface area contributed by atoms with Gasteiger partial charge in [0.1, 0.15) is 5.60 Å². The Hall–Kier alpha value is -2.15. The van der Waals surface area contributed by atoms with Gasteiger partial charge in [-0.1, -0.05) is 48.0 Å². The van der Waals surface area contributed by atoms with Crippen molar-refractivity contribution in [2.75, 3.05) is 6.54 Å². The quantitative estimate of drug-likeness (QED) is 0.765. The molecule has 0 radical (unpaired) electrons. The SMILES string of the molecule is O=C(NCc1ccccc1Cl)[C@@H]1C2C=CC3(CN(Cc4cccs4)C(=O)[C@H]13)O2. The Morgan fingerprint density at radius 1 is 1.32 bits per heavy atom. The van der Waals surface area contributed by atoms with E-state index in [4.69, 9.17) is 16.3 Å². The van der Waals surface area contributed by atoms with Gasteiger partial charge in [-0.05, 0) is 23.1 Å². The van der Waals surface area contributed by atoms with Gasteiger partial charge in [0, 0.05) is 16.4 Å². The van der Waals surface area contributed by atoms with E-state index in [2.05, 4.69) is 5.32 Å². The lowest BCUT2D eigenvalue weighted by atomic mass is 9.77. The van der Waals surface area contributed by atoms with Gasteiger partial charge >= 0.3 is 0 Å². The molecule has 2 bridgehead atoms. The molecule has 4 heterocycles. The summed E-state index contributed by atoms with van der Waals surface area (Å²) in [5, 5.41) is 5.57. The number of fused-ring (bicyclic) bond motifs is 1. The van der Waals surface area contributed by atoms with Crippen LogP contribution in [0.4, 0.5) is 0 Å². The zero-order valence-corrected chi connectivity index (χ0v) is 16.6. The Bertz CT molecular complexity index is 960. The molecule has 1 N–H and O–H groups in total. The lowest BCUT2D eigenvalue weighted by molar-refractivity contribution is -0.137. The monoisotopic (exact) mass is 414 g/mol. The van der Waals surface area contributed by atoms with Crippen LogP contribution >= 0.6 is 22.9 Å². The molecule has 3 aliphatic heterocycles. The maximum absolute atomic E-state index is 13.2. The third kappa shape index (κ3) is 2.79. The highest BCUT2D eigenvalue weighted by molar-refractivity contribution is 7.09. The molecule has 3 aliphatic rings. The molecular formula is C21H19ClN2O3S. The highest BCUT2D eigenvalue weighted by Crippen LogP contribution is 2.52. The van der Waals surface area contributed by atoms with Gasteiger partial charge in [-0.15, -0.1) is 11.3 Å². The summed E-state index contributed by atoms with van der Waals surface area (Å²) in [6.45, 7) is 1.39. The van der Waals surface area contributed by atoms with Gasteiger partial charge in [-0.2, -0.15) is 0 Å². The van der Waals surface area contributed by atoms with Crippen LogP contribution in [0.2, 0.25) is 5.02 Å². The molecule has 1 aromatic carbocycles. The van der Waals surface area contributed by atoms with Crippen LogP contribution in [0.25, 0.3) is 0 Å². The first-order valence-corrected chi connectivity index (χ1v) is 10.5. The molecule has 144 valence electrons. The van der Waals surface area contributed by atoms with Crippen molar-refractivity contribution in [1.82, 2.24) is 10.2 Å². The molecule has 1 spiro atoms. The van der Waals surface area contributed by atoms with Crippen molar-refractivity contribution in [3.63, 3.8) is 0 Å². The van der Waals surface area contributed by atoms with Crippen molar-refractivity contribution in [2.45, 2.75) is 24.8 Å². The van der Waals surface area contributed by atoms with Crippen LogP contribution in [0.3, 0.4) is 0 Å². The number of hydrogen-bond acceptors (Lipinski definition) is 4. The molecule has 5 nitrogen and oxygen atoms in total. The number of carbonyl (C=O) groups excluding carboxylic acids is 2. The molecule has 2 amide bonds. The van der Waals surface area contributed by atoms with E-state index in [0.717, 1.165) is 10.4 Å². The summed E-state index contributed by atoms with van der Waals surface area (Å²) in [5.41, 5.74) is 0.176. The molecule has 5 rings (SSSR count). The second kappa shape index (κ2) is 6.72. The van der Waals surface area contributed by atoms with Crippen molar-refractivity contribution in [1.29, 1.82) is 0 Å². The minimum absolute atomic E-state index is 0.00172. The van der Waals surface area contributed by atoms with Gasteiger partial charge < -0.3 is 15.0 Å². The number of thiophene rings is 1. The zero-order chi connectivity index (χ0) is 19.3. The molecule has 4 atom stereocenters. The van der Waals surface area contributed by atoms with Crippen LogP contribution in [-0.2, 0) is 27.4 Å². The van der Waals surface area contributed by atoms with Crippen LogP contribution in [0, 0.1) is 11.8 Å². The molecule has 2 saturated heterocycles. The molecule has 0 saturated carbocycles. The maximum Gasteiger partial charge on any atom is 0.230 e. The van der Waals surface area contributed by atoms with Crippen molar-refractivity contribution < 1.29 is 14.3 Å². The second-order valence-corrected chi connectivity index (χ2v) is 8.92. The summed E-state index contributed by atoms with van der Waals surface area (Å²) >= 11 is 7.81. The number of nitrogens with zero attached hydrogens (tertiary/aromatic N) is 1. The number of rotatable bonds is 5. The van der Waals surface area contributed by atoms with Crippen LogP contribution in [-0.4, -0.2) is 35.0 Å². The lowest BCUT2D eigenvalue weighted by Crippen LogP contribution is -2.43. The molecule has 2 fully saturated rings. The number of carbonyl (C=O) groups is 2. The van der Waals surface area contributed by atoms with Gasteiger partial charge in [0.25, 0.3) is 0 Å². The van der Waals surface area contributed by atoms with Gasteiger partial charge in [0.2, 0.25) is 11.8 Å². The highest BCUT2D eigenvalue weighted by Gasteiger charge is 2.66. The number of likely N-dealkylation sites (tertiary alicyclic amines) is 1. The highest BCUT2D eigenvalue weighted by atomic mass is 35.5. The Labute approximate surface area is 171 Å². The molecule has 2 unspecified atom stereocenters. The number of nitrogens with one attached hydrogen (secondary N) is 1. The van der Waals surface area contributed by atoms with E-state index in [-0.39, 0.29) is 17.9 Å². The lowest BCUT2D eigenvalue weighted by Gasteiger charge is -2.23. The fourth-order valence-corrected chi connectivity index (χ4v) is 5.47. The Balaban J connectivity index is 1.33. The van der Waals surface area contributed by atoms with Gasteiger partial charge in [0.15, 0.2) is 0 Å². The minimum Gasteiger partial charge on any atom is -0.360 e. The van der Waals surface area contributed by atoms with E-state index >= 15 is 0 Å². The molecular weight excluding hydrogens is 396 g/mol. The molecule has 1 aromatic heterocycles. The first-order valence-electron chi connectivity index (χ1n) is 9.27. The summed E-state index contributed by atoms with van der Waals surface area (Å²) in [4.78, 5) is 29.1. The van der Waals surface area contributed by atoms with Gasteiger partial charge in [-0.3, -0.25) is 9.59 Å². The van der Waals surface area contributed by atoms with Crippen LogP contribution in [0.5, 0.6) is 0 Å². The van der Waals surface area contributed by atoms with Crippen LogP contribution in [0.1, 0.15) is 10.4 Å². The summed E-state index contributed by atoms with van der Waals surface area (Å²) < 4.78 is 6.16. The summed E-state index contributed by atoms with van der Waals surface area (Å²) in [7, 11) is 0. The third-order valence-corrected chi connectivity index (χ3v) is 7.05. The van der Waals surface area contributed by atoms with Gasteiger partial charge in [0.05, 0.1) is 31.0 Å². The first-order chi connectivity index (χ1) is 13.6. The third-order valence-electron chi connectivity index (χ3n) is 5.82. The minimum atomic E-state index is -0.675. The summed E-state index contributed by atoms with van der Waals surface area (Å²) in [5.74, 6) is -1.13. The summed E-state index contributed by atoms with van der Waals surface area (Å²) in [6.07, 6.45) is 3.56. The fraction of sp³-hybridized carbons (Fsp3) is 0.333. The molecule has 28 heavy (non-hydrogen) atoms. The predicted molar refractivity (Wildman–Crippen MR) is 107 cm³/mol. The van der Waals surface area contributed by atoms with Crippen LogP contribution < -0.4 is 5.32 Å². The standard InChI is InChI=1S/C21H19ClN2O3S/c22-15-6-2-1-4-13(15)10-23-19(25)17-16-7-8-21(27-16)12-24(20(26)18(17)21)11-14-5-3-9-28-14/h1-9,16-18H,10-12H2,(H,23,25)/t16?,17-,18+,21?/m1/s1. The number of hydrogen-bond donors (Lipinski definition) is 1. The maximum atomic E-state index is 13.2. The Morgan fingerprint density at radius 3 is 2.96 bits per heavy atom. The van der Waals surface area contributed by atoms with E-state index in [1.807, 2.05) is 52.8 Å². The van der Waals surface area contributed by atoms with E-state index in [0.29, 0.717) is 24.7 Å². The fourth-order valence-electron chi connectivity index (χ4n) is 4.54. The van der Waals surface area contributed by atoms with Crippen molar-refractivity contribution >= 4 is 34.8 Å². The summed E-state index contributed by atoms with van der Waals surface area (Å²) in [6, 6.07) is 11.4. The van der Waals surface area contributed by atoms with E-state index in [9.17, 15) is 9.59 Å². The normalized spacial score (nSPS) is 30.1. The molecule has 7 heteroatoms. The van der Waals surface area contributed by atoms with E-state index < -0.39 is 17.4 Å². The molecule has 0 aliphatic carbocycles. The number of benzene rings is 1. The number of halogens is 1. The Kier molecular flexibility index (Phi) is 4.30. The van der Waals surface area contributed by atoms with Crippen molar-refractivity contribution in [3.05, 3.63) is 69.4 Å². The van der Waals surface area contributed by atoms with Gasteiger partial charge in [-0.25, -0.2) is 0 Å². The average molecular weight is 415 g/mol. The topological polar surface area (TPSA) is 58.6 Å². The largest absolute Gasteiger partial charge is 0.360 e. The number of ether oxygens (including phenoxy) is 1. The second-order valence-electron chi connectivity index (χ2n) is 7.48. The van der Waals surface area contributed by atoms with Crippen molar-refractivity contribution in [2.24, 2.45) is 11.8 Å². The zero-order valence-electron chi connectivity index (χ0n) is 15.0. The van der Waals surface area contributed by atoms with Crippen LogP contribution in [0.15, 0.2) is 53.9 Å². The van der Waals surface area contributed by atoms with Crippen molar-refractivity contribution in [3.8, 4) is 0 Å².